The van der Waals surface area contributed by atoms with Crippen LogP contribution < -0.4 is 5.48 Å². The Balaban J connectivity index is 2.92. The van der Waals surface area contributed by atoms with Crippen molar-refractivity contribution in [2.45, 2.75) is 12.5 Å². The van der Waals surface area contributed by atoms with Crippen LogP contribution in [-0.4, -0.2) is 34.7 Å². The summed E-state index contributed by atoms with van der Waals surface area (Å²) in [5, 5.41) is 24.8. The molecule has 0 bridgehead atoms. The predicted molar refractivity (Wildman–Crippen MR) is 27.5 cm³/mol. The second-order valence-electron chi connectivity index (χ2n) is 1.53. The second-order valence-corrected chi connectivity index (χ2v) is 1.53. The molecule has 4 nitrogen and oxygen atoms in total. The smallest absolute Gasteiger partial charge is 0.0709 e. The zero-order valence-electron chi connectivity index (χ0n) is 4.54. The molecule has 4 N–H and O–H groups in total. The van der Waals surface area contributed by atoms with E-state index < -0.39 is 6.10 Å². The van der Waals surface area contributed by atoms with E-state index in [4.69, 9.17) is 15.4 Å². The summed E-state index contributed by atoms with van der Waals surface area (Å²) >= 11 is 0. The maximum absolute atomic E-state index is 8.67. The van der Waals surface area contributed by atoms with Crippen LogP contribution in [0.5, 0.6) is 0 Å². The van der Waals surface area contributed by atoms with Gasteiger partial charge in [0.15, 0.2) is 0 Å². The van der Waals surface area contributed by atoms with Crippen LogP contribution in [0.1, 0.15) is 6.42 Å². The minimum atomic E-state index is -0.648. The second kappa shape index (κ2) is 4.99. The van der Waals surface area contributed by atoms with Crippen LogP contribution in [0.25, 0.3) is 0 Å². The summed E-state index contributed by atoms with van der Waals surface area (Å²) in [6, 6.07) is 0. The van der Waals surface area contributed by atoms with Crippen LogP contribution in [0.15, 0.2) is 0 Å². The van der Waals surface area contributed by atoms with E-state index in [9.17, 15) is 0 Å². The molecule has 0 radical (unpaired) electrons. The summed E-state index contributed by atoms with van der Waals surface area (Å²) in [4.78, 5) is 0. The van der Waals surface area contributed by atoms with Gasteiger partial charge in [0.05, 0.1) is 6.10 Å². The zero-order chi connectivity index (χ0) is 6.41. The third-order valence-corrected chi connectivity index (χ3v) is 0.789. The maximum atomic E-state index is 8.67. The molecular formula is C4H11NO3. The van der Waals surface area contributed by atoms with E-state index in [1.807, 2.05) is 0 Å². The third-order valence-electron chi connectivity index (χ3n) is 0.789. The van der Waals surface area contributed by atoms with Crippen molar-refractivity contribution >= 4 is 0 Å². The van der Waals surface area contributed by atoms with Crippen molar-refractivity contribution in [3.05, 3.63) is 0 Å². The quantitative estimate of drug-likeness (QED) is 0.349. The maximum Gasteiger partial charge on any atom is 0.0709 e. The molecule has 0 amide bonds. The Labute approximate surface area is 47.7 Å². The van der Waals surface area contributed by atoms with Crippen LogP contribution in [0.3, 0.4) is 0 Å². The van der Waals surface area contributed by atoms with E-state index in [1.165, 1.54) is 0 Å². The highest BCUT2D eigenvalue weighted by atomic mass is 16.5. The van der Waals surface area contributed by atoms with Crippen molar-refractivity contribution in [1.29, 1.82) is 0 Å². The van der Waals surface area contributed by atoms with Gasteiger partial charge in [0.25, 0.3) is 0 Å². The fourth-order valence-corrected chi connectivity index (χ4v) is 0.356. The van der Waals surface area contributed by atoms with E-state index >= 15 is 0 Å². The average molecular weight is 121 g/mol. The van der Waals surface area contributed by atoms with E-state index in [2.05, 4.69) is 0 Å². The summed E-state index contributed by atoms with van der Waals surface area (Å²) in [6.07, 6.45) is -0.349. The van der Waals surface area contributed by atoms with Gasteiger partial charge in [-0.3, -0.25) is 0 Å². The molecule has 8 heavy (non-hydrogen) atoms. The van der Waals surface area contributed by atoms with Crippen LogP contribution in [-0.2, 0) is 0 Å². The molecule has 0 aliphatic carbocycles. The van der Waals surface area contributed by atoms with E-state index in [0.717, 1.165) is 0 Å². The highest BCUT2D eigenvalue weighted by Crippen LogP contribution is 1.85. The third kappa shape index (κ3) is 4.01. The standard InChI is InChI=1S/C4H11NO3/c6-2-1-4(7)3-5-8/h4-8H,1-3H2. The lowest BCUT2D eigenvalue weighted by molar-refractivity contribution is 0.0754. The first-order valence-corrected chi connectivity index (χ1v) is 2.47. The molecule has 50 valence electrons. The van der Waals surface area contributed by atoms with Crippen molar-refractivity contribution in [3.8, 4) is 0 Å². The molecule has 0 aromatic heterocycles. The monoisotopic (exact) mass is 121 g/mol. The Hall–Kier alpha value is -0.160. The molecule has 0 rings (SSSR count). The van der Waals surface area contributed by atoms with Crippen molar-refractivity contribution < 1.29 is 15.4 Å². The highest BCUT2D eigenvalue weighted by Gasteiger charge is 1.98. The molecule has 0 aromatic rings. The van der Waals surface area contributed by atoms with Gasteiger partial charge in [0, 0.05) is 13.2 Å². The number of hydrogen-bond acceptors (Lipinski definition) is 4. The van der Waals surface area contributed by atoms with Gasteiger partial charge in [-0.05, 0) is 6.42 Å². The minimum absolute atomic E-state index is 0.0527. The molecule has 0 aliphatic rings. The van der Waals surface area contributed by atoms with Gasteiger partial charge in [-0.1, -0.05) is 0 Å². The highest BCUT2D eigenvalue weighted by molar-refractivity contribution is 4.52. The van der Waals surface area contributed by atoms with Crippen molar-refractivity contribution in [2.75, 3.05) is 13.2 Å². The topological polar surface area (TPSA) is 72.7 Å². The molecule has 0 saturated heterocycles. The largest absolute Gasteiger partial charge is 0.396 e. The number of hydroxylamine groups is 1. The lowest BCUT2D eigenvalue weighted by Gasteiger charge is -2.04. The molecule has 0 fully saturated rings. The molecule has 1 unspecified atom stereocenters. The Morgan fingerprint density at radius 3 is 2.50 bits per heavy atom. The molecule has 0 aromatic carbocycles. The lowest BCUT2D eigenvalue weighted by Crippen LogP contribution is -2.24. The number of nitrogens with one attached hydrogen (secondary N) is 1. The molecule has 0 spiro atoms. The minimum Gasteiger partial charge on any atom is -0.396 e. The van der Waals surface area contributed by atoms with Gasteiger partial charge in [-0.25, -0.2) is 5.48 Å². The fourth-order valence-electron chi connectivity index (χ4n) is 0.356. The summed E-state index contributed by atoms with van der Waals surface area (Å²) in [7, 11) is 0. The van der Waals surface area contributed by atoms with Gasteiger partial charge in [0.2, 0.25) is 0 Å². The molecule has 0 aliphatic heterocycles. The van der Waals surface area contributed by atoms with Crippen LogP contribution in [0, 0.1) is 0 Å². The summed E-state index contributed by atoms with van der Waals surface area (Å²) in [5.74, 6) is 0. The van der Waals surface area contributed by atoms with Crippen LogP contribution in [0.2, 0.25) is 0 Å². The number of aliphatic hydroxyl groups excluding tert-OH is 2. The molecular weight excluding hydrogens is 110 g/mol. The first kappa shape index (κ1) is 7.84. The molecule has 4 heteroatoms. The lowest BCUT2D eigenvalue weighted by atomic mass is 10.3. The first-order chi connectivity index (χ1) is 3.81. The van der Waals surface area contributed by atoms with Crippen molar-refractivity contribution in [2.24, 2.45) is 0 Å². The molecule has 0 saturated carbocycles. The molecule has 0 heterocycles. The van der Waals surface area contributed by atoms with E-state index in [0.29, 0.717) is 6.42 Å². The van der Waals surface area contributed by atoms with Gasteiger partial charge < -0.3 is 15.4 Å². The Morgan fingerprint density at radius 1 is 1.50 bits per heavy atom. The Morgan fingerprint density at radius 2 is 2.12 bits per heavy atom. The number of rotatable bonds is 4. The van der Waals surface area contributed by atoms with Gasteiger partial charge in [-0.15, -0.1) is 0 Å². The Kier molecular flexibility index (Phi) is 4.89. The van der Waals surface area contributed by atoms with E-state index in [-0.39, 0.29) is 13.2 Å². The number of aliphatic hydroxyl groups is 2. The van der Waals surface area contributed by atoms with Gasteiger partial charge in [-0.2, -0.15) is 0 Å². The van der Waals surface area contributed by atoms with Crippen LogP contribution in [0.4, 0.5) is 0 Å². The first-order valence-electron chi connectivity index (χ1n) is 2.47. The predicted octanol–water partition coefficient (Wildman–Crippen LogP) is -1.29. The summed E-state index contributed by atoms with van der Waals surface area (Å²) < 4.78 is 0. The zero-order valence-corrected chi connectivity index (χ0v) is 4.54. The van der Waals surface area contributed by atoms with Crippen molar-refractivity contribution in [3.63, 3.8) is 0 Å². The van der Waals surface area contributed by atoms with E-state index in [1.54, 1.807) is 5.48 Å². The fraction of sp³-hybridized carbons (Fsp3) is 1.00. The average Bonchev–Trinajstić information content (AvgIpc) is 1.68. The number of hydrogen-bond donors (Lipinski definition) is 4. The summed E-state index contributed by atoms with van der Waals surface area (Å²) in [6.45, 7) is 0.0589. The normalized spacial score (nSPS) is 13.9. The van der Waals surface area contributed by atoms with Gasteiger partial charge >= 0.3 is 0 Å². The SMILES string of the molecule is OCCC(O)CNO. The van der Waals surface area contributed by atoms with Crippen LogP contribution >= 0.6 is 0 Å². The molecule has 1 atom stereocenters. The summed E-state index contributed by atoms with van der Waals surface area (Å²) in [5.41, 5.74) is 1.79. The van der Waals surface area contributed by atoms with Gasteiger partial charge in [0.1, 0.15) is 0 Å². The Bertz CT molecular complexity index is 44.5. The van der Waals surface area contributed by atoms with Crippen molar-refractivity contribution in [1.82, 2.24) is 5.48 Å².